The Hall–Kier alpha value is -0.760. The van der Waals surface area contributed by atoms with Crippen LogP contribution in [0.5, 0.6) is 5.88 Å². The molecule has 0 bridgehead atoms. The van der Waals surface area contributed by atoms with E-state index in [4.69, 9.17) is 16.3 Å². The molecule has 0 saturated carbocycles. The predicted molar refractivity (Wildman–Crippen MR) is 54.3 cm³/mol. The summed E-state index contributed by atoms with van der Waals surface area (Å²) in [6, 6.07) is 1.91. The molecule has 0 aliphatic heterocycles. The molecular weight excluding hydrogens is 186 g/mol. The van der Waals surface area contributed by atoms with Gasteiger partial charge in [-0.2, -0.15) is 0 Å². The molecule has 1 heterocycles. The monoisotopic (exact) mass is 199 g/mol. The average molecular weight is 200 g/mol. The first-order chi connectivity index (χ1) is 6.13. The maximum Gasteiger partial charge on any atom is 0.232 e. The van der Waals surface area contributed by atoms with E-state index in [1.54, 1.807) is 7.11 Å². The van der Waals surface area contributed by atoms with Crippen LogP contribution in [0, 0.1) is 5.92 Å². The molecule has 0 radical (unpaired) electrons. The Morgan fingerprint density at radius 1 is 1.54 bits per heavy atom. The largest absolute Gasteiger partial charge is 0.480 e. The maximum absolute atomic E-state index is 5.93. The second-order valence-corrected chi connectivity index (χ2v) is 3.84. The van der Waals surface area contributed by atoms with Gasteiger partial charge >= 0.3 is 0 Å². The normalized spacial score (nSPS) is 10.5. The number of aromatic nitrogens is 1. The van der Waals surface area contributed by atoms with Crippen LogP contribution in [0.1, 0.15) is 19.4 Å². The molecule has 0 aliphatic carbocycles. The highest BCUT2D eigenvalue weighted by Crippen LogP contribution is 2.22. The van der Waals surface area contributed by atoms with Crippen LogP contribution in [0.3, 0.4) is 0 Å². The van der Waals surface area contributed by atoms with E-state index in [1.807, 2.05) is 12.3 Å². The lowest BCUT2D eigenvalue weighted by Crippen LogP contribution is -1.96. The van der Waals surface area contributed by atoms with E-state index >= 15 is 0 Å². The van der Waals surface area contributed by atoms with Crippen molar-refractivity contribution in [3.05, 3.63) is 22.8 Å². The number of nitrogens with zero attached hydrogens (tertiary/aromatic N) is 1. The number of hydrogen-bond acceptors (Lipinski definition) is 2. The van der Waals surface area contributed by atoms with Crippen LogP contribution in [0.4, 0.5) is 0 Å². The summed E-state index contributed by atoms with van der Waals surface area (Å²) in [6.45, 7) is 4.33. The molecule has 0 unspecified atom stereocenters. The summed E-state index contributed by atoms with van der Waals surface area (Å²) >= 11 is 5.93. The zero-order valence-electron chi connectivity index (χ0n) is 8.17. The summed E-state index contributed by atoms with van der Waals surface area (Å²) in [5, 5.41) is 0.584. The molecule has 0 aliphatic rings. The second kappa shape index (κ2) is 4.47. The van der Waals surface area contributed by atoms with Crippen LogP contribution in [-0.2, 0) is 6.42 Å². The molecule has 0 atom stereocenters. The lowest BCUT2D eigenvalue weighted by molar-refractivity contribution is 0.397. The number of rotatable bonds is 3. The molecule has 0 fully saturated rings. The first-order valence-electron chi connectivity index (χ1n) is 4.32. The lowest BCUT2D eigenvalue weighted by Gasteiger charge is -2.06. The number of ether oxygens (including phenoxy) is 1. The molecular formula is C10H14ClNO. The van der Waals surface area contributed by atoms with Gasteiger partial charge in [-0.1, -0.05) is 25.4 Å². The van der Waals surface area contributed by atoms with Crippen molar-refractivity contribution in [3.63, 3.8) is 0 Å². The molecule has 0 aromatic carbocycles. The Bertz CT molecular complexity index is 286. The second-order valence-electron chi connectivity index (χ2n) is 3.43. The van der Waals surface area contributed by atoms with E-state index in [0.29, 0.717) is 16.8 Å². The molecule has 0 saturated heterocycles. The predicted octanol–water partition coefficient (Wildman–Crippen LogP) is 2.94. The van der Waals surface area contributed by atoms with Gasteiger partial charge < -0.3 is 4.74 Å². The lowest BCUT2D eigenvalue weighted by atomic mass is 10.1. The fourth-order valence-electron chi connectivity index (χ4n) is 1.20. The van der Waals surface area contributed by atoms with E-state index in [-0.39, 0.29) is 0 Å². The van der Waals surface area contributed by atoms with Crippen molar-refractivity contribution in [3.8, 4) is 5.88 Å². The van der Waals surface area contributed by atoms with Crippen molar-refractivity contribution in [1.82, 2.24) is 4.98 Å². The molecule has 1 rings (SSSR count). The molecule has 1 aromatic heterocycles. The highest BCUT2D eigenvalue weighted by Gasteiger charge is 2.04. The molecule has 2 nitrogen and oxygen atoms in total. The quantitative estimate of drug-likeness (QED) is 0.747. The Labute approximate surface area is 83.9 Å². The van der Waals surface area contributed by atoms with Gasteiger partial charge in [-0.25, -0.2) is 4.98 Å². The Kier molecular flexibility index (Phi) is 3.55. The van der Waals surface area contributed by atoms with Gasteiger partial charge in [0.15, 0.2) is 0 Å². The molecule has 72 valence electrons. The minimum absolute atomic E-state index is 0.495. The first-order valence-corrected chi connectivity index (χ1v) is 4.69. The SMILES string of the molecule is COc1ncc(CC(C)C)cc1Cl. The van der Waals surface area contributed by atoms with E-state index in [0.717, 1.165) is 12.0 Å². The van der Waals surface area contributed by atoms with Crippen LogP contribution < -0.4 is 4.74 Å². The minimum atomic E-state index is 0.495. The Morgan fingerprint density at radius 3 is 2.69 bits per heavy atom. The van der Waals surface area contributed by atoms with Gasteiger partial charge in [0.05, 0.1) is 7.11 Å². The van der Waals surface area contributed by atoms with Crippen LogP contribution in [-0.4, -0.2) is 12.1 Å². The Balaban J connectivity index is 2.83. The standard InChI is InChI=1S/C10H14ClNO/c1-7(2)4-8-5-9(11)10(13-3)12-6-8/h5-7H,4H2,1-3H3. The third-order valence-corrected chi connectivity index (χ3v) is 1.97. The van der Waals surface area contributed by atoms with E-state index in [2.05, 4.69) is 18.8 Å². The van der Waals surface area contributed by atoms with Crippen molar-refractivity contribution in [1.29, 1.82) is 0 Å². The highest BCUT2D eigenvalue weighted by atomic mass is 35.5. The van der Waals surface area contributed by atoms with Crippen molar-refractivity contribution in [2.45, 2.75) is 20.3 Å². The summed E-state index contributed by atoms with van der Waals surface area (Å²) in [5.41, 5.74) is 1.15. The molecule has 3 heteroatoms. The van der Waals surface area contributed by atoms with Gasteiger partial charge in [0, 0.05) is 6.20 Å². The fourth-order valence-corrected chi connectivity index (χ4v) is 1.46. The Morgan fingerprint density at radius 2 is 2.23 bits per heavy atom. The summed E-state index contributed by atoms with van der Waals surface area (Å²) in [6.07, 6.45) is 2.81. The van der Waals surface area contributed by atoms with Gasteiger partial charge in [0.2, 0.25) is 5.88 Å². The number of pyridine rings is 1. The van der Waals surface area contributed by atoms with Crippen molar-refractivity contribution in [2.75, 3.05) is 7.11 Å². The maximum atomic E-state index is 5.93. The summed E-state index contributed by atoms with van der Waals surface area (Å²) < 4.78 is 4.96. The van der Waals surface area contributed by atoms with Crippen LogP contribution in [0.2, 0.25) is 5.02 Å². The van der Waals surface area contributed by atoms with E-state index in [9.17, 15) is 0 Å². The smallest absolute Gasteiger partial charge is 0.232 e. The number of methoxy groups -OCH3 is 1. The zero-order valence-corrected chi connectivity index (χ0v) is 8.93. The fraction of sp³-hybridized carbons (Fsp3) is 0.500. The molecule has 0 amide bonds. The van der Waals surface area contributed by atoms with Gasteiger partial charge in [-0.3, -0.25) is 0 Å². The van der Waals surface area contributed by atoms with Gasteiger partial charge in [0.1, 0.15) is 5.02 Å². The minimum Gasteiger partial charge on any atom is -0.480 e. The van der Waals surface area contributed by atoms with Gasteiger partial charge in [-0.05, 0) is 24.0 Å². The van der Waals surface area contributed by atoms with Crippen molar-refractivity contribution in [2.24, 2.45) is 5.92 Å². The molecule has 0 spiro atoms. The van der Waals surface area contributed by atoms with E-state index < -0.39 is 0 Å². The average Bonchev–Trinajstić information content (AvgIpc) is 2.03. The summed E-state index contributed by atoms with van der Waals surface area (Å²) in [5.74, 6) is 1.11. The van der Waals surface area contributed by atoms with Crippen LogP contribution in [0.25, 0.3) is 0 Å². The topological polar surface area (TPSA) is 22.1 Å². The van der Waals surface area contributed by atoms with Crippen molar-refractivity contribution >= 4 is 11.6 Å². The van der Waals surface area contributed by atoms with E-state index in [1.165, 1.54) is 0 Å². The van der Waals surface area contributed by atoms with Gasteiger partial charge in [-0.15, -0.1) is 0 Å². The zero-order chi connectivity index (χ0) is 9.84. The molecule has 0 N–H and O–H groups in total. The number of hydrogen-bond donors (Lipinski definition) is 0. The van der Waals surface area contributed by atoms with Gasteiger partial charge in [0.25, 0.3) is 0 Å². The molecule has 13 heavy (non-hydrogen) atoms. The summed E-state index contributed by atoms with van der Waals surface area (Å²) in [7, 11) is 1.57. The van der Waals surface area contributed by atoms with Crippen LogP contribution >= 0.6 is 11.6 Å². The third-order valence-electron chi connectivity index (χ3n) is 1.70. The third kappa shape index (κ3) is 2.88. The highest BCUT2D eigenvalue weighted by molar-refractivity contribution is 6.31. The van der Waals surface area contributed by atoms with Crippen LogP contribution in [0.15, 0.2) is 12.3 Å². The van der Waals surface area contributed by atoms with Crippen molar-refractivity contribution < 1.29 is 4.74 Å². The summed E-state index contributed by atoms with van der Waals surface area (Å²) in [4.78, 5) is 4.10. The molecule has 1 aromatic rings. The number of halogens is 1. The first kappa shape index (κ1) is 10.3.